The van der Waals surface area contributed by atoms with Crippen molar-refractivity contribution in [2.24, 2.45) is 5.92 Å². The number of aliphatic hydroxyl groups excluding tert-OH is 1. The molecule has 18 heavy (non-hydrogen) atoms. The van der Waals surface area contributed by atoms with Crippen molar-refractivity contribution < 1.29 is 5.11 Å². The molecule has 98 valence electrons. The van der Waals surface area contributed by atoms with E-state index in [4.69, 9.17) is 11.6 Å². The van der Waals surface area contributed by atoms with Crippen molar-refractivity contribution in [1.29, 1.82) is 0 Å². The highest BCUT2D eigenvalue weighted by molar-refractivity contribution is 6.32. The number of nitrogens with zero attached hydrogens (tertiary/aromatic N) is 1. The van der Waals surface area contributed by atoms with Crippen LogP contribution in [0.4, 0.5) is 0 Å². The van der Waals surface area contributed by atoms with Crippen LogP contribution in [0, 0.1) is 5.92 Å². The van der Waals surface area contributed by atoms with Gasteiger partial charge in [-0.2, -0.15) is 0 Å². The fourth-order valence-corrected chi connectivity index (χ4v) is 3.02. The highest BCUT2D eigenvalue weighted by atomic mass is 35.5. The van der Waals surface area contributed by atoms with Crippen LogP contribution in [-0.4, -0.2) is 29.2 Å². The minimum absolute atomic E-state index is 0. The van der Waals surface area contributed by atoms with Gasteiger partial charge in [-0.05, 0) is 36.5 Å². The smallest absolute Gasteiger partial charge is 0.0965 e. The summed E-state index contributed by atoms with van der Waals surface area (Å²) in [5, 5.41) is 11.0. The van der Waals surface area contributed by atoms with Crippen molar-refractivity contribution >= 4 is 30.1 Å². The lowest BCUT2D eigenvalue weighted by molar-refractivity contribution is 0.0215. The predicted octanol–water partition coefficient (Wildman–Crippen LogP) is 3.19. The van der Waals surface area contributed by atoms with Gasteiger partial charge in [0.05, 0.1) is 6.10 Å². The van der Waals surface area contributed by atoms with Crippen molar-refractivity contribution in [2.75, 3.05) is 13.1 Å². The van der Waals surface area contributed by atoms with Gasteiger partial charge in [0.25, 0.3) is 0 Å². The summed E-state index contributed by atoms with van der Waals surface area (Å²) >= 11 is 6.15. The van der Waals surface area contributed by atoms with E-state index in [1.54, 1.807) is 0 Å². The van der Waals surface area contributed by atoms with E-state index in [0.29, 0.717) is 5.92 Å². The van der Waals surface area contributed by atoms with E-state index in [9.17, 15) is 5.11 Å². The first-order valence-electron chi connectivity index (χ1n) is 6.15. The lowest BCUT2D eigenvalue weighted by Gasteiger charge is -2.46. The first-order chi connectivity index (χ1) is 8.25. The van der Waals surface area contributed by atoms with Gasteiger partial charge in [-0.1, -0.05) is 29.8 Å². The summed E-state index contributed by atoms with van der Waals surface area (Å²) in [7, 11) is 0. The van der Waals surface area contributed by atoms with Crippen LogP contribution in [-0.2, 0) is 0 Å². The summed E-state index contributed by atoms with van der Waals surface area (Å²) in [5.41, 5.74) is 2.04. The lowest BCUT2D eigenvalue weighted by Crippen LogP contribution is -2.48. The van der Waals surface area contributed by atoms with Crippen molar-refractivity contribution in [2.45, 2.75) is 18.9 Å². The zero-order valence-corrected chi connectivity index (χ0v) is 11.6. The van der Waals surface area contributed by atoms with E-state index >= 15 is 0 Å². The van der Waals surface area contributed by atoms with Crippen LogP contribution in [0.15, 0.2) is 30.0 Å². The molecule has 0 aliphatic carbocycles. The average Bonchev–Trinajstić information content (AvgIpc) is 2.36. The molecule has 1 atom stereocenters. The molecule has 1 aromatic carbocycles. The second-order valence-corrected chi connectivity index (χ2v) is 5.27. The van der Waals surface area contributed by atoms with Crippen molar-refractivity contribution in [3.05, 3.63) is 40.5 Å². The Morgan fingerprint density at radius 3 is 2.50 bits per heavy atom. The molecule has 3 fully saturated rings. The summed E-state index contributed by atoms with van der Waals surface area (Å²) in [6.07, 6.45) is 3.95. The van der Waals surface area contributed by atoms with Crippen molar-refractivity contribution in [1.82, 2.24) is 4.90 Å². The summed E-state index contributed by atoms with van der Waals surface area (Å²) in [4.78, 5) is 2.29. The summed E-state index contributed by atoms with van der Waals surface area (Å²) < 4.78 is 0. The molecule has 3 aliphatic heterocycles. The Kier molecular flexibility index (Phi) is 4.21. The number of hydrogen-bond acceptors (Lipinski definition) is 2. The van der Waals surface area contributed by atoms with Gasteiger partial charge >= 0.3 is 0 Å². The van der Waals surface area contributed by atoms with E-state index in [-0.39, 0.29) is 18.5 Å². The average molecular weight is 286 g/mol. The molecule has 2 bridgehead atoms. The van der Waals surface area contributed by atoms with Gasteiger partial charge in [0.15, 0.2) is 0 Å². The minimum Gasteiger partial charge on any atom is -0.387 e. The maximum atomic E-state index is 10.3. The molecule has 0 saturated carbocycles. The molecule has 3 saturated heterocycles. The molecule has 0 spiro atoms. The fraction of sp³-hybridized carbons (Fsp3) is 0.429. The Morgan fingerprint density at radius 2 is 1.89 bits per heavy atom. The number of hydrogen-bond donors (Lipinski definition) is 1. The highest BCUT2D eigenvalue weighted by Gasteiger charge is 2.36. The molecule has 1 aromatic rings. The molecule has 2 nitrogen and oxygen atoms in total. The van der Waals surface area contributed by atoms with Crippen LogP contribution >= 0.6 is 24.0 Å². The van der Waals surface area contributed by atoms with Crippen molar-refractivity contribution in [3.63, 3.8) is 0 Å². The normalized spacial score (nSPS) is 28.3. The topological polar surface area (TPSA) is 23.5 Å². The first-order valence-corrected chi connectivity index (χ1v) is 6.52. The maximum absolute atomic E-state index is 10.3. The van der Waals surface area contributed by atoms with Crippen LogP contribution in [0.5, 0.6) is 0 Å². The monoisotopic (exact) mass is 285 g/mol. The molecular weight excluding hydrogens is 269 g/mol. The van der Waals surface area contributed by atoms with E-state index in [1.807, 2.05) is 30.3 Å². The zero-order valence-electron chi connectivity index (χ0n) is 10.1. The highest BCUT2D eigenvalue weighted by Crippen LogP contribution is 2.36. The van der Waals surface area contributed by atoms with Gasteiger partial charge in [-0.3, -0.25) is 0 Å². The molecule has 0 radical (unpaired) electrons. The third-order valence-corrected chi connectivity index (χ3v) is 4.21. The van der Waals surface area contributed by atoms with Crippen LogP contribution in [0.1, 0.15) is 18.4 Å². The van der Waals surface area contributed by atoms with E-state index in [0.717, 1.165) is 42.2 Å². The van der Waals surface area contributed by atoms with Gasteiger partial charge in [-0.15, -0.1) is 12.4 Å². The number of benzene rings is 1. The summed E-state index contributed by atoms with van der Waals surface area (Å²) in [6.45, 7) is 2.13. The molecule has 4 rings (SSSR count). The molecule has 3 aliphatic rings. The lowest BCUT2D eigenvalue weighted by atomic mass is 9.83. The number of rotatable bonds is 1. The van der Waals surface area contributed by atoms with Crippen molar-refractivity contribution in [3.8, 4) is 0 Å². The van der Waals surface area contributed by atoms with Crippen LogP contribution in [0.3, 0.4) is 0 Å². The Bertz CT molecular complexity index is 449. The summed E-state index contributed by atoms with van der Waals surface area (Å²) in [5.74, 6) is 0.439. The van der Waals surface area contributed by atoms with E-state index in [1.165, 1.54) is 0 Å². The first kappa shape index (κ1) is 13.7. The Labute approximate surface area is 119 Å². The number of aliphatic hydroxyl groups is 1. The molecule has 3 heterocycles. The Balaban J connectivity index is 0.00000120. The standard InChI is InChI=1S/C14H16ClNO.ClH/c15-12-4-2-1-3-11(12)9-13-14(17)10-5-7-16(13)8-6-10;/h1-4,9-10,14,17H,5-8H2;1H. The van der Waals surface area contributed by atoms with Crippen LogP contribution in [0.2, 0.25) is 5.02 Å². The number of piperidine rings is 3. The molecule has 1 unspecified atom stereocenters. The third kappa shape index (κ3) is 2.37. The maximum Gasteiger partial charge on any atom is 0.0965 e. The van der Waals surface area contributed by atoms with Crippen LogP contribution < -0.4 is 0 Å². The zero-order chi connectivity index (χ0) is 11.8. The molecule has 4 heteroatoms. The van der Waals surface area contributed by atoms with Crippen LogP contribution in [0.25, 0.3) is 6.08 Å². The summed E-state index contributed by atoms with van der Waals surface area (Å²) in [6, 6.07) is 7.78. The molecule has 0 aromatic heterocycles. The second-order valence-electron chi connectivity index (χ2n) is 4.86. The quantitative estimate of drug-likeness (QED) is 0.857. The molecule has 0 amide bonds. The Morgan fingerprint density at radius 1 is 1.22 bits per heavy atom. The number of halogens is 2. The van der Waals surface area contributed by atoms with Gasteiger partial charge in [0.1, 0.15) is 0 Å². The van der Waals surface area contributed by atoms with Gasteiger partial charge in [0.2, 0.25) is 0 Å². The van der Waals surface area contributed by atoms with Gasteiger partial charge < -0.3 is 10.0 Å². The molecular formula is C14H17Cl2NO. The van der Waals surface area contributed by atoms with E-state index in [2.05, 4.69) is 4.90 Å². The van der Waals surface area contributed by atoms with Gasteiger partial charge in [0, 0.05) is 23.8 Å². The Hall–Kier alpha value is -0.700. The number of fused-ring (bicyclic) bond motifs is 3. The SMILES string of the molecule is Cl.OC1C(=Cc2ccccc2Cl)N2CCC1CC2. The largest absolute Gasteiger partial charge is 0.387 e. The fourth-order valence-electron chi connectivity index (χ4n) is 2.83. The third-order valence-electron chi connectivity index (χ3n) is 3.86. The molecule has 1 N–H and O–H groups in total. The van der Waals surface area contributed by atoms with Gasteiger partial charge in [-0.25, -0.2) is 0 Å². The predicted molar refractivity (Wildman–Crippen MR) is 77.0 cm³/mol. The minimum atomic E-state index is -0.311. The van der Waals surface area contributed by atoms with E-state index < -0.39 is 0 Å². The second kappa shape index (κ2) is 5.52.